The molecule has 0 heterocycles. The maximum absolute atomic E-state index is 12.5. The van der Waals surface area contributed by atoms with Crippen LogP contribution in [-0.2, 0) is 9.59 Å². The summed E-state index contributed by atoms with van der Waals surface area (Å²) in [6, 6.07) is 5.10. The maximum Gasteiger partial charge on any atom is 0.262 e. The highest BCUT2D eigenvalue weighted by atomic mass is 35.5. The first-order chi connectivity index (χ1) is 13.3. The Kier molecular flexibility index (Phi) is 7.70. The molecule has 7 nitrogen and oxygen atoms in total. The molecule has 2 unspecified atom stereocenters. The van der Waals surface area contributed by atoms with Gasteiger partial charge in [-0.1, -0.05) is 31.4 Å². The van der Waals surface area contributed by atoms with Crippen LogP contribution in [0.2, 0.25) is 5.02 Å². The molecule has 1 aliphatic rings. The summed E-state index contributed by atoms with van der Waals surface area (Å²) in [7, 11) is 1.42. The lowest BCUT2D eigenvalue weighted by atomic mass is 9.86. The summed E-state index contributed by atoms with van der Waals surface area (Å²) in [4.78, 5) is 23.5. The first-order valence-electron chi connectivity index (χ1n) is 9.07. The van der Waals surface area contributed by atoms with Gasteiger partial charge in [-0.2, -0.15) is 5.26 Å². The minimum Gasteiger partial charge on any atom is -0.493 e. The molecule has 0 radical (unpaired) electrons. The number of nitrogens with two attached hydrogens (primary N) is 1. The number of carbonyl (C=O) groups is 2. The van der Waals surface area contributed by atoms with Crippen LogP contribution in [0, 0.1) is 17.2 Å². The minimum atomic E-state index is -0.650. The summed E-state index contributed by atoms with van der Waals surface area (Å²) in [6.07, 6.45) is 5.65. The van der Waals surface area contributed by atoms with Crippen molar-refractivity contribution in [1.29, 1.82) is 5.26 Å². The van der Waals surface area contributed by atoms with Crippen molar-refractivity contribution in [2.24, 2.45) is 11.7 Å². The van der Waals surface area contributed by atoms with Crippen molar-refractivity contribution >= 4 is 29.5 Å². The van der Waals surface area contributed by atoms with Gasteiger partial charge in [0.25, 0.3) is 11.8 Å². The number of nitrogens with one attached hydrogen (secondary N) is 1. The number of methoxy groups -OCH3 is 1. The van der Waals surface area contributed by atoms with Crippen molar-refractivity contribution in [3.05, 3.63) is 28.3 Å². The summed E-state index contributed by atoms with van der Waals surface area (Å²) in [5.41, 5.74) is 5.55. The summed E-state index contributed by atoms with van der Waals surface area (Å²) in [5, 5.41) is 12.6. The second-order valence-electron chi connectivity index (χ2n) is 6.80. The Morgan fingerprint density at radius 2 is 2.11 bits per heavy atom. The molecule has 0 saturated heterocycles. The van der Waals surface area contributed by atoms with Crippen LogP contribution in [0.3, 0.4) is 0 Å². The lowest BCUT2D eigenvalue weighted by Gasteiger charge is -2.29. The quantitative estimate of drug-likeness (QED) is 0.534. The van der Waals surface area contributed by atoms with Gasteiger partial charge in [-0.3, -0.25) is 9.59 Å². The van der Waals surface area contributed by atoms with E-state index in [0.29, 0.717) is 11.5 Å². The van der Waals surface area contributed by atoms with Crippen LogP contribution in [0.15, 0.2) is 17.7 Å². The van der Waals surface area contributed by atoms with Crippen molar-refractivity contribution in [3.8, 4) is 17.6 Å². The van der Waals surface area contributed by atoms with Gasteiger partial charge in [0.15, 0.2) is 18.1 Å². The zero-order valence-electron chi connectivity index (χ0n) is 16.0. The Balaban J connectivity index is 2.23. The first kappa shape index (κ1) is 21.6. The van der Waals surface area contributed by atoms with Crippen LogP contribution in [0.1, 0.15) is 38.2 Å². The molecule has 1 aromatic carbocycles. The molecular weight excluding hydrogens is 382 g/mol. The summed E-state index contributed by atoms with van der Waals surface area (Å²) in [6.45, 7) is 1.76. The molecule has 0 aliphatic heterocycles. The van der Waals surface area contributed by atoms with Gasteiger partial charge < -0.3 is 20.5 Å². The highest BCUT2D eigenvalue weighted by Crippen LogP contribution is 2.37. The predicted molar refractivity (Wildman–Crippen MR) is 106 cm³/mol. The molecule has 150 valence electrons. The van der Waals surface area contributed by atoms with E-state index >= 15 is 0 Å². The van der Waals surface area contributed by atoms with E-state index in [9.17, 15) is 14.9 Å². The number of hydrogen-bond acceptors (Lipinski definition) is 5. The molecular formula is C20H24ClN3O4. The van der Waals surface area contributed by atoms with Gasteiger partial charge in [0.05, 0.1) is 12.1 Å². The lowest BCUT2D eigenvalue weighted by molar-refractivity contribution is -0.120. The highest BCUT2D eigenvalue weighted by Gasteiger charge is 2.24. The van der Waals surface area contributed by atoms with Crippen molar-refractivity contribution < 1.29 is 19.1 Å². The zero-order valence-corrected chi connectivity index (χ0v) is 16.7. The Labute approximate surface area is 169 Å². The molecule has 28 heavy (non-hydrogen) atoms. The summed E-state index contributed by atoms with van der Waals surface area (Å²) >= 11 is 6.21. The van der Waals surface area contributed by atoms with Gasteiger partial charge in [-0.25, -0.2) is 0 Å². The highest BCUT2D eigenvalue weighted by molar-refractivity contribution is 6.32. The van der Waals surface area contributed by atoms with Crippen LogP contribution in [0.25, 0.3) is 6.08 Å². The van der Waals surface area contributed by atoms with E-state index in [-0.39, 0.29) is 34.7 Å². The van der Waals surface area contributed by atoms with E-state index in [1.807, 2.05) is 6.07 Å². The molecule has 1 saturated carbocycles. The monoisotopic (exact) mass is 405 g/mol. The number of primary amides is 1. The number of ether oxygens (including phenoxy) is 2. The van der Waals surface area contributed by atoms with E-state index in [1.165, 1.54) is 19.3 Å². The number of benzene rings is 1. The average Bonchev–Trinajstić information content (AvgIpc) is 2.66. The first-order valence-corrected chi connectivity index (χ1v) is 9.44. The predicted octanol–water partition coefficient (Wildman–Crippen LogP) is 2.81. The van der Waals surface area contributed by atoms with Crippen molar-refractivity contribution in [3.63, 3.8) is 0 Å². The van der Waals surface area contributed by atoms with E-state index in [2.05, 4.69) is 12.2 Å². The molecule has 2 atom stereocenters. The van der Waals surface area contributed by atoms with E-state index in [0.717, 1.165) is 25.7 Å². The third-order valence-corrected chi connectivity index (χ3v) is 5.00. The fraction of sp³-hybridized carbons (Fsp3) is 0.450. The van der Waals surface area contributed by atoms with Crippen molar-refractivity contribution in [2.45, 2.75) is 38.6 Å². The minimum absolute atomic E-state index is 0.0262. The van der Waals surface area contributed by atoms with Gasteiger partial charge in [0.2, 0.25) is 0 Å². The molecule has 2 rings (SSSR count). The number of halogens is 1. The molecule has 1 aliphatic carbocycles. The van der Waals surface area contributed by atoms with E-state index in [4.69, 9.17) is 26.8 Å². The number of amides is 2. The molecule has 1 fully saturated rings. The number of hydrogen-bond donors (Lipinski definition) is 2. The molecule has 8 heteroatoms. The van der Waals surface area contributed by atoms with Gasteiger partial charge in [-0.05, 0) is 42.5 Å². The Hall–Kier alpha value is -2.72. The van der Waals surface area contributed by atoms with Gasteiger partial charge in [-0.15, -0.1) is 0 Å². The maximum atomic E-state index is 12.5. The molecule has 0 bridgehead atoms. The van der Waals surface area contributed by atoms with E-state index < -0.39 is 11.8 Å². The fourth-order valence-electron chi connectivity index (χ4n) is 3.20. The second-order valence-corrected chi connectivity index (χ2v) is 7.21. The smallest absolute Gasteiger partial charge is 0.262 e. The second kappa shape index (κ2) is 10.00. The Morgan fingerprint density at radius 1 is 1.39 bits per heavy atom. The molecule has 3 N–H and O–H groups in total. The largest absolute Gasteiger partial charge is 0.493 e. The molecule has 2 amide bonds. The Bertz CT molecular complexity index is 816. The van der Waals surface area contributed by atoms with Crippen molar-refractivity contribution in [2.75, 3.05) is 13.7 Å². The standard InChI is InChI=1S/C20H24ClN3O4/c1-12-5-3-4-6-16(12)24-20(26)14(10-22)7-13-8-15(21)19(17(9-13)27-2)28-11-18(23)25/h7-9,12,16H,3-6,11H2,1-2H3,(H2,23,25)(H,24,26)/b14-7+. The molecule has 1 aromatic rings. The number of rotatable bonds is 7. The molecule has 0 aromatic heterocycles. The van der Waals surface area contributed by atoms with Crippen molar-refractivity contribution in [1.82, 2.24) is 5.32 Å². The third-order valence-electron chi connectivity index (χ3n) is 4.71. The van der Waals surface area contributed by atoms with Crippen LogP contribution in [0.5, 0.6) is 11.5 Å². The summed E-state index contributed by atoms with van der Waals surface area (Å²) in [5.74, 6) is -0.251. The van der Waals surface area contributed by atoms with Crippen LogP contribution >= 0.6 is 11.6 Å². The SMILES string of the molecule is COc1cc(/C=C(\C#N)C(=O)NC2CCCCC2C)cc(Cl)c1OCC(N)=O. The average molecular weight is 406 g/mol. The van der Waals surface area contributed by atoms with Gasteiger partial charge in [0.1, 0.15) is 11.6 Å². The fourth-order valence-corrected chi connectivity index (χ4v) is 3.47. The van der Waals surface area contributed by atoms with Crippen LogP contribution in [-0.4, -0.2) is 31.6 Å². The van der Waals surface area contributed by atoms with E-state index in [1.54, 1.807) is 6.07 Å². The van der Waals surface area contributed by atoms with Crippen LogP contribution in [0.4, 0.5) is 0 Å². The third kappa shape index (κ3) is 5.64. The number of carbonyl (C=O) groups excluding carboxylic acids is 2. The number of nitriles is 1. The lowest BCUT2D eigenvalue weighted by Crippen LogP contribution is -2.41. The zero-order chi connectivity index (χ0) is 20.7. The topological polar surface area (TPSA) is 114 Å². The van der Waals surface area contributed by atoms with Crippen LogP contribution < -0.4 is 20.5 Å². The number of nitrogens with zero attached hydrogens (tertiary/aromatic N) is 1. The molecule has 0 spiro atoms. The Morgan fingerprint density at radius 3 is 2.71 bits per heavy atom. The normalized spacial score (nSPS) is 19.4. The van der Waals surface area contributed by atoms with Gasteiger partial charge in [0, 0.05) is 6.04 Å². The summed E-state index contributed by atoms with van der Waals surface area (Å²) < 4.78 is 10.5. The van der Waals surface area contributed by atoms with Gasteiger partial charge >= 0.3 is 0 Å².